The molecule has 2 aromatic carbocycles. The van der Waals surface area contributed by atoms with Gasteiger partial charge in [-0.25, -0.2) is 0 Å². The molecular weight excluding hydrogens is 476 g/mol. The van der Waals surface area contributed by atoms with Gasteiger partial charge in [0.15, 0.2) is 5.52 Å². The predicted molar refractivity (Wildman–Crippen MR) is 123 cm³/mol. The van der Waals surface area contributed by atoms with E-state index in [1.165, 1.54) is 18.2 Å². The van der Waals surface area contributed by atoms with Crippen LogP contribution < -0.4 is 14.8 Å². The summed E-state index contributed by atoms with van der Waals surface area (Å²) in [6.45, 7) is 7.39. The van der Waals surface area contributed by atoms with Crippen molar-refractivity contribution in [2.24, 2.45) is 0 Å². The Labute approximate surface area is 208 Å². The van der Waals surface area contributed by atoms with Crippen molar-refractivity contribution in [1.82, 2.24) is 0 Å². The predicted octanol–water partition coefficient (Wildman–Crippen LogP) is 6.57. The van der Waals surface area contributed by atoms with Gasteiger partial charge in [-0.3, -0.25) is 4.79 Å². The van der Waals surface area contributed by atoms with E-state index in [1.807, 2.05) is 20.8 Å². The number of carbonyl (C=O) groups is 1. The summed E-state index contributed by atoms with van der Waals surface area (Å²) in [5.41, 5.74) is -5.89. The number of carbonyl (C=O) groups excluding carboxylic acids is 1. The van der Waals surface area contributed by atoms with Crippen molar-refractivity contribution in [3.8, 4) is 11.5 Å². The molecule has 3 nitrogen and oxygen atoms in total. The average Bonchev–Trinajstić information content (AvgIpc) is 2.73. The van der Waals surface area contributed by atoms with Crippen LogP contribution in [-0.2, 0) is 12.4 Å². The number of rotatable bonds is 9. The Morgan fingerprint density at radius 3 is 1.85 bits per heavy atom. The van der Waals surface area contributed by atoms with Crippen LogP contribution in [0.25, 0.3) is 0 Å². The van der Waals surface area contributed by atoms with Crippen LogP contribution in [0.3, 0.4) is 0 Å². The molecule has 34 heavy (non-hydrogen) atoms. The molecule has 0 aromatic heterocycles. The summed E-state index contributed by atoms with van der Waals surface area (Å²) in [6, 6.07) is 6.07. The fraction of sp³-hybridized carbons (Fsp3) is 0.435. The molecule has 0 heterocycles. The third kappa shape index (κ3) is 7.93. The van der Waals surface area contributed by atoms with Gasteiger partial charge in [0.2, 0.25) is 0 Å². The zero-order chi connectivity index (χ0) is 25.0. The average molecular weight is 502 g/mol. The van der Waals surface area contributed by atoms with E-state index in [0.717, 1.165) is 6.42 Å². The van der Waals surface area contributed by atoms with Gasteiger partial charge in [0, 0.05) is 16.9 Å². The second-order valence-corrected chi connectivity index (χ2v) is 8.75. The van der Waals surface area contributed by atoms with Crippen LogP contribution in [0.15, 0.2) is 36.4 Å². The van der Waals surface area contributed by atoms with Gasteiger partial charge in [-0.2, -0.15) is 26.3 Å². The first-order chi connectivity index (χ1) is 15.3. The van der Waals surface area contributed by atoms with Crippen molar-refractivity contribution >= 4 is 38.3 Å². The normalized spacial score (nSPS) is 13.9. The van der Waals surface area contributed by atoms with E-state index in [4.69, 9.17) is 9.47 Å². The van der Waals surface area contributed by atoms with E-state index < -0.39 is 43.1 Å². The summed E-state index contributed by atoms with van der Waals surface area (Å²) >= 11 is 0. The quantitative estimate of drug-likeness (QED) is 0.221. The Hall–Kier alpha value is -1.68. The summed E-state index contributed by atoms with van der Waals surface area (Å²) in [4.78, 5) is 12.9. The van der Waals surface area contributed by atoms with Crippen LogP contribution in [-0.4, -0.2) is 36.6 Å². The number of ether oxygens (including phenoxy) is 2. The Morgan fingerprint density at radius 2 is 1.38 bits per heavy atom. The van der Waals surface area contributed by atoms with Gasteiger partial charge in [0.05, 0.1) is 23.3 Å². The topological polar surface area (TPSA) is 35.5 Å². The second kappa shape index (κ2) is 12.3. The van der Waals surface area contributed by atoms with E-state index in [0.29, 0.717) is 30.4 Å². The first kappa shape index (κ1) is 30.3. The first-order valence-electron chi connectivity index (χ1n) is 10.3. The molecular formula is C23H26F6LiO3P. The van der Waals surface area contributed by atoms with Crippen LogP contribution in [0.1, 0.15) is 62.0 Å². The van der Waals surface area contributed by atoms with E-state index in [2.05, 4.69) is 0 Å². The van der Waals surface area contributed by atoms with Gasteiger partial charge in [0.25, 0.3) is 0 Å². The molecule has 0 aliphatic carbocycles. The maximum atomic E-state index is 13.5. The SMILES string of the molecule is CCC(C)Oc1ccc(PC(=O)c2c(C(F)(F)F)cccc2C(F)(F)F)c(OC(C)CC)c1.[LiH]. The molecule has 11 heteroatoms. The minimum atomic E-state index is -5.12. The van der Waals surface area contributed by atoms with E-state index in [9.17, 15) is 31.1 Å². The van der Waals surface area contributed by atoms with Crippen molar-refractivity contribution in [1.29, 1.82) is 0 Å². The molecule has 184 valence electrons. The number of hydrogen-bond acceptors (Lipinski definition) is 3. The van der Waals surface area contributed by atoms with Crippen LogP contribution in [0.4, 0.5) is 26.3 Å². The molecule has 0 N–H and O–H groups in total. The van der Waals surface area contributed by atoms with Crippen molar-refractivity contribution in [2.75, 3.05) is 0 Å². The number of alkyl halides is 6. The van der Waals surface area contributed by atoms with Gasteiger partial charge in [-0.1, -0.05) is 19.9 Å². The third-order valence-electron chi connectivity index (χ3n) is 4.92. The third-order valence-corrected chi connectivity index (χ3v) is 6.08. The molecule has 0 fully saturated rings. The fourth-order valence-electron chi connectivity index (χ4n) is 2.85. The van der Waals surface area contributed by atoms with Crippen LogP contribution in [0.5, 0.6) is 11.5 Å². The molecule has 0 saturated carbocycles. The number of hydrogen-bond donors (Lipinski definition) is 0. The van der Waals surface area contributed by atoms with Gasteiger partial charge >= 0.3 is 31.2 Å². The van der Waals surface area contributed by atoms with E-state index in [1.54, 1.807) is 6.92 Å². The van der Waals surface area contributed by atoms with Gasteiger partial charge in [-0.15, -0.1) is 0 Å². The summed E-state index contributed by atoms with van der Waals surface area (Å²) < 4.78 is 92.3. The molecule has 0 saturated heterocycles. The molecule has 2 aromatic rings. The summed E-state index contributed by atoms with van der Waals surface area (Å²) in [6.07, 6.45) is -9.35. The summed E-state index contributed by atoms with van der Waals surface area (Å²) in [7, 11) is -1.02. The zero-order valence-electron chi connectivity index (χ0n) is 18.5. The van der Waals surface area contributed by atoms with Crippen molar-refractivity contribution in [3.63, 3.8) is 0 Å². The van der Waals surface area contributed by atoms with Crippen LogP contribution in [0.2, 0.25) is 0 Å². The number of benzene rings is 2. The molecule has 2 rings (SSSR count). The second-order valence-electron chi connectivity index (χ2n) is 7.51. The molecule has 3 atom stereocenters. The molecule has 0 bridgehead atoms. The molecule has 0 aliphatic heterocycles. The fourth-order valence-corrected chi connectivity index (χ4v) is 3.91. The van der Waals surface area contributed by atoms with E-state index in [-0.39, 0.29) is 42.1 Å². The molecule has 0 spiro atoms. The monoisotopic (exact) mass is 502 g/mol. The minimum absolute atomic E-state index is 0. The standard InChI is InChI=1S/C23H25F6O3P.Li.H/c1-5-13(3)31-15-10-11-19(18(12-15)32-14(4)6-2)33-21(30)20-16(22(24,25)26)8-7-9-17(20)23(27,28)29;;/h7-14,33H,5-6H2,1-4H3;;. The first-order valence-corrected chi connectivity index (χ1v) is 11.3. The van der Waals surface area contributed by atoms with Gasteiger partial charge in [0.1, 0.15) is 11.5 Å². The Morgan fingerprint density at radius 1 is 0.882 bits per heavy atom. The van der Waals surface area contributed by atoms with Crippen molar-refractivity contribution < 1.29 is 40.6 Å². The molecule has 0 radical (unpaired) electrons. The van der Waals surface area contributed by atoms with Gasteiger partial charge < -0.3 is 9.47 Å². The number of halogens is 6. The molecule has 3 unspecified atom stereocenters. The Balaban J connectivity index is 0.00000578. The van der Waals surface area contributed by atoms with Crippen LogP contribution in [0, 0.1) is 0 Å². The van der Waals surface area contributed by atoms with Crippen LogP contribution >= 0.6 is 8.58 Å². The summed E-state index contributed by atoms with van der Waals surface area (Å²) in [5.74, 6) is 0.616. The Kier molecular flexibility index (Phi) is 11.0. The Bertz CT molecular complexity index is 946. The zero-order valence-corrected chi connectivity index (χ0v) is 19.5. The summed E-state index contributed by atoms with van der Waals surface area (Å²) in [5, 5.41) is 0.196. The van der Waals surface area contributed by atoms with Crippen molar-refractivity contribution in [2.45, 2.75) is 65.1 Å². The molecule has 0 aliphatic rings. The van der Waals surface area contributed by atoms with Gasteiger partial charge in [-0.05, 0) is 59.5 Å². The van der Waals surface area contributed by atoms with E-state index >= 15 is 0 Å². The van der Waals surface area contributed by atoms with Crippen molar-refractivity contribution in [3.05, 3.63) is 53.1 Å². The molecule has 0 amide bonds. The maximum absolute atomic E-state index is 13.5.